The monoisotopic (exact) mass is 402 g/mol. The van der Waals surface area contributed by atoms with Crippen LogP contribution in [0, 0.1) is 6.92 Å². The minimum absolute atomic E-state index is 0.0580. The Labute approximate surface area is 171 Å². The van der Waals surface area contributed by atoms with Crippen molar-refractivity contribution in [3.8, 4) is 0 Å². The number of benzene rings is 2. The molecule has 0 saturated carbocycles. The Bertz CT molecular complexity index is 1260. The Hall–Kier alpha value is -4.14. The number of H-pyrrole nitrogens is 1. The van der Waals surface area contributed by atoms with Crippen molar-refractivity contribution in [2.24, 2.45) is 0 Å². The molecular weight excluding hydrogens is 384 g/mol. The fourth-order valence-corrected chi connectivity index (χ4v) is 3.68. The topological polar surface area (TPSA) is 116 Å². The van der Waals surface area contributed by atoms with Gasteiger partial charge in [0.2, 0.25) is 5.91 Å². The molecule has 2 aromatic carbocycles. The SMILES string of the molecule is Cc1n[nH]c2cc(Nc3cccc4c3C(=O)N(CC(=O)Nc3cnoc3)C4)ccc12. The number of aryl methyl sites for hydroxylation is 1. The maximum Gasteiger partial charge on any atom is 0.257 e. The van der Waals surface area contributed by atoms with Gasteiger partial charge in [0.15, 0.2) is 0 Å². The molecular formula is C21H18N6O3. The van der Waals surface area contributed by atoms with Crippen LogP contribution in [0.15, 0.2) is 53.4 Å². The number of fused-ring (bicyclic) bond motifs is 2. The van der Waals surface area contributed by atoms with Crippen LogP contribution in [0.3, 0.4) is 0 Å². The number of amides is 2. The molecule has 1 aliphatic rings. The van der Waals surface area contributed by atoms with Crippen molar-refractivity contribution in [1.82, 2.24) is 20.3 Å². The first kappa shape index (κ1) is 17.9. The molecule has 0 atom stereocenters. The summed E-state index contributed by atoms with van der Waals surface area (Å²) in [5, 5.41) is 17.8. The average Bonchev–Trinajstić information content (AvgIpc) is 3.44. The summed E-state index contributed by atoms with van der Waals surface area (Å²) in [5.74, 6) is -0.499. The summed E-state index contributed by atoms with van der Waals surface area (Å²) in [7, 11) is 0. The van der Waals surface area contributed by atoms with E-state index in [9.17, 15) is 9.59 Å². The van der Waals surface area contributed by atoms with Crippen molar-refractivity contribution >= 4 is 39.8 Å². The van der Waals surface area contributed by atoms with Gasteiger partial charge in [0, 0.05) is 17.6 Å². The lowest BCUT2D eigenvalue weighted by Crippen LogP contribution is -2.33. The Kier molecular flexibility index (Phi) is 4.20. The first-order chi connectivity index (χ1) is 14.6. The summed E-state index contributed by atoms with van der Waals surface area (Å²) in [6, 6.07) is 11.6. The Morgan fingerprint density at radius 3 is 3.00 bits per heavy atom. The van der Waals surface area contributed by atoms with E-state index >= 15 is 0 Å². The molecule has 0 spiro atoms. The minimum Gasteiger partial charge on any atom is -0.363 e. The van der Waals surface area contributed by atoms with Gasteiger partial charge in [0.05, 0.1) is 28.7 Å². The number of rotatable bonds is 5. The molecule has 3 N–H and O–H groups in total. The van der Waals surface area contributed by atoms with E-state index in [0.29, 0.717) is 23.5 Å². The van der Waals surface area contributed by atoms with E-state index in [1.54, 1.807) is 0 Å². The number of aromatic amines is 1. The minimum atomic E-state index is -0.311. The molecule has 9 nitrogen and oxygen atoms in total. The van der Waals surface area contributed by atoms with Crippen molar-refractivity contribution in [3.63, 3.8) is 0 Å². The van der Waals surface area contributed by atoms with Gasteiger partial charge in [-0.3, -0.25) is 14.7 Å². The molecule has 0 fully saturated rings. The van der Waals surface area contributed by atoms with Crippen LogP contribution >= 0.6 is 0 Å². The normalized spacial score (nSPS) is 13.0. The van der Waals surface area contributed by atoms with E-state index in [-0.39, 0.29) is 18.4 Å². The molecule has 0 bridgehead atoms. The predicted molar refractivity (Wildman–Crippen MR) is 110 cm³/mol. The lowest BCUT2D eigenvalue weighted by molar-refractivity contribution is -0.116. The highest BCUT2D eigenvalue weighted by molar-refractivity contribution is 6.06. The van der Waals surface area contributed by atoms with Crippen LogP contribution in [0.4, 0.5) is 17.1 Å². The second-order valence-corrected chi connectivity index (χ2v) is 7.16. The molecule has 0 saturated heterocycles. The van der Waals surface area contributed by atoms with Crippen LogP contribution in [0.25, 0.3) is 10.9 Å². The number of nitrogens with zero attached hydrogens (tertiary/aromatic N) is 3. The summed E-state index contributed by atoms with van der Waals surface area (Å²) >= 11 is 0. The van der Waals surface area contributed by atoms with Crippen LogP contribution in [-0.2, 0) is 11.3 Å². The van der Waals surface area contributed by atoms with Gasteiger partial charge in [-0.1, -0.05) is 17.3 Å². The summed E-state index contributed by atoms with van der Waals surface area (Å²) in [5.41, 5.74) is 5.32. The van der Waals surface area contributed by atoms with Crippen molar-refractivity contribution in [2.45, 2.75) is 13.5 Å². The van der Waals surface area contributed by atoms with E-state index in [4.69, 9.17) is 4.52 Å². The van der Waals surface area contributed by atoms with Gasteiger partial charge >= 0.3 is 0 Å². The van der Waals surface area contributed by atoms with Gasteiger partial charge in [-0.05, 0) is 36.8 Å². The van der Waals surface area contributed by atoms with Gasteiger partial charge in [-0.25, -0.2) is 0 Å². The molecule has 2 amide bonds. The molecule has 0 radical (unpaired) electrons. The molecule has 0 unspecified atom stereocenters. The smallest absolute Gasteiger partial charge is 0.257 e. The summed E-state index contributed by atoms with van der Waals surface area (Å²) in [4.78, 5) is 26.8. The maximum atomic E-state index is 13.0. The van der Waals surface area contributed by atoms with Crippen molar-refractivity contribution in [2.75, 3.05) is 17.2 Å². The molecule has 3 heterocycles. The number of hydrogen-bond acceptors (Lipinski definition) is 6. The van der Waals surface area contributed by atoms with Crippen LogP contribution in [-0.4, -0.2) is 38.6 Å². The van der Waals surface area contributed by atoms with Gasteiger partial charge in [0.1, 0.15) is 18.5 Å². The quantitative estimate of drug-likeness (QED) is 0.472. The molecule has 30 heavy (non-hydrogen) atoms. The number of carbonyl (C=O) groups excluding carboxylic acids is 2. The van der Waals surface area contributed by atoms with E-state index in [1.807, 2.05) is 43.3 Å². The van der Waals surface area contributed by atoms with Crippen molar-refractivity contribution in [1.29, 1.82) is 0 Å². The lowest BCUT2D eigenvalue weighted by Gasteiger charge is -2.15. The second-order valence-electron chi connectivity index (χ2n) is 7.16. The molecule has 0 aliphatic carbocycles. The van der Waals surface area contributed by atoms with E-state index in [2.05, 4.69) is 26.0 Å². The summed E-state index contributed by atoms with van der Waals surface area (Å²) < 4.78 is 4.70. The fourth-order valence-electron chi connectivity index (χ4n) is 3.68. The molecule has 150 valence electrons. The van der Waals surface area contributed by atoms with E-state index in [1.165, 1.54) is 17.4 Å². The van der Waals surface area contributed by atoms with E-state index < -0.39 is 0 Å². The average molecular weight is 402 g/mol. The zero-order valence-corrected chi connectivity index (χ0v) is 16.1. The Balaban J connectivity index is 1.36. The maximum absolute atomic E-state index is 13.0. The highest BCUT2D eigenvalue weighted by Gasteiger charge is 2.31. The number of anilines is 3. The number of hydrogen-bond donors (Lipinski definition) is 3. The van der Waals surface area contributed by atoms with Crippen LogP contribution in [0.1, 0.15) is 21.6 Å². The molecule has 4 aromatic rings. The van der Waals surface area contributed by atoms with Crippen LogP contribution in [0.2, 0.25) is 0 Å². The number of nitrogens with one attached hydrogen (secondary N) is 3. The standard InChI is InChI=1S/C21H18N6O3/c1-12-16-6-5-14(7-18(16)26-25-12)23-17-4-2-3-13-9-27(21(29)20(13)17)10-19(28)24-15-8-22-30-11-15/h2-8,11,23H,9-10H2,1H3,(H,24,28)(H,25,26). The molecule has 5 rings (SSSR count). The third-order valence-electron chi connectivity index (χ3n) is 5.10. The first-order valence-electron chi connectivity index (χ1n) is 9.40. The van der Waals surface area contributed by atoms with E-state index in [0.717, 1.165) is 27.8 Å². The highest BCUT2D eigenvalue weighted by Crippen LogP contribution is 2.32. The fraction of sp³-hybridized carbons (Fsp3) is 0.143. The Morgan fingerprint density at radius 1 is 1.27 bits per heavy atom. The lowest BCUT2D eigenvalue weighted by atomic mass is 10.1. The number of carbonyl (C=O) groups is 2. The summed E-state index contributed by atoms with van der Waals surface area (Å²) in [6.45, 7) is 2.26. The van der Waals surface area contributed by atoms with Crippen LogP contribution < -0.4 is 10.6 Å². The second kappa shape index (κ2) is 7.03. The van der Waals surface area contributed by atoms with Crippen LogP contribution in [0.5, 0.6) is 0 Å². The molecule has 1 aliphatic heterocycles. The zero-order valence-electron chi connectivity index (χ0n) is 16.1. The number of aromatic nitrogens is 3. The predicted octanol–water partition coefficient (Wildman–Crippen LogP) is 3.20. The third-order valence-corrected chi connectivity index (χ3v) is 5.10. The third kappa shape index (κ3) is 3.16. The highest BCUT2D eigenvalue weighted by atomic mass is 16.5. The van der Waals surface area contributed by atoms with Gasteiger partial charge in [-0.2, -0.15) is 5.10 Å². The van der Waals surface area contributed by atoms with Gasteiger partial charge in [-0.15, -0.1) is 0 Å². The largest absolute Gasteiger partial charge is 0.363 e. The van der Waals surface area contributed by atoms with Gasteiger partial charge in [0.25, 0.3) is 5.91 Å². The van der Waals surface area contributed by atoms with Crippen molar-refractivity contribution in [3.05, 3.63) is 65.7 Å². The first-order valence-corrected chi connectivity index (χ1v) is 9.40. The van der Waals surface area contributed by atoms with Crippen molar-refractivity contribution < 1.29 is 14.1 Å². The summed E-state index contributed by atoms with van der Waals surface area (Å²) in [6.07, 6.45) is 2.73. The Morgan fingerprint density at radius 2 is 2.17 bits per heavy atom. The molecule has 9 heteroatoms. The van der Waals surface area contributed by atoms with Gasteiger partial charge < -0.3 is 20.1 Å². The molecule has 2 aromatic heterocycles. The zero-order chi connectivity index (χ0) is 20.7.